The number of ether oxygens (including phenoxy) is 3. The highest BCUT2D eigenvalue weighted by Gasteiger charge is 2.25. The Morgan fingerprint density at radius 3 is 2.59 bits per heavy atom. The molecule has 8 nitrogen and oxygen atoms in total. The van der Waals surface area contributed by atoms with Crippen molar-refractivity contribution in [2.75, 3.05) is 33.9 Å². The zero-order valence-corrected chi connectivity index (χ0v) is 18.1. The fourth-order valence-electron chi connectivity index (χ4n) is 3.68. The second kappa shape index (κ2) is 9.65. The number of hydrogen-bond acceptors (Lipinski definition) is 6. The van der Waals surface area contributed by atoms with E-state index in [9.17, 15) is 9.59 Å². The van der Waals surface area contributed by atoms with Crippen LogP contribution in [-0.4, -0.2) is 54.5 Å². The molecule has 2 aromatic carbocycles. The normalized spacial score (nSPS) is 15.9. The average Bonchev–Trinajstić information content (AvgIpc) is 2.85. The number of methoxy groups -OCH3 is 2. The smallest absolute Gasteiger partial charge is 0.267 e. The van der Waals surface area contributed by atoms with Crippen molar-refractivity contribution in [3.05, 3.63) is 76.6 Å². The van der Waals surface area contributed by atoms with Crippen LogP contribution in [0.4, 0.5) is 0 Å². The Bertz CT molecular complexity index is 1150. The van der Waals surface area contributed by atoms with E-state index in [1.807, 2.05) is 36.4 Å². The number of nitrogens with zero attached hydrogens (tertiary/aromatic N) is 3. The van der Waals surface area contributed by atoms with Crippen LogP contribution >= 0.6 is 0 Å². The molecule has 4 rings (SSSR count). The molecule has 1 fully saturated rings. The second-order valence-corrected chi connectivity index (χ2v) is 7.39. The van der Waals surface area contributed by atoms with E-state index in [1.54, 1.807) is 37.3 Å². The summed E-state index contributed by atoms with van der Waals surface area (Å²) in [6.45, 7) is 1.22. The lowest BCUT2D eigenvalue weighted by Gasteiger charge is -2.33. The van der Waals surface area contributed by atoms with Crippen LogP contribution in [0, 0.1) is 0 Å². The molecule has 1 unspecified atom stereocenters. The fourth-order valence-corrected chi connectivity index (χ4v) is 3.68. The van der Waals surface area contributed by atoms with Crippen molar-refractivity contribution in [1.82, 2.24) is 14.7 Å². The lowest BCUT2D eigenvalue weighted by atomic mass is 10.1. The molecular formula is C24H25N3O5. The van der Waals surface area contributed by atoms with Crippen molar-refractivity contribution in [3.63, 3.8) is 0 Å². The zero-order valence-electron chi connectivity index (χ0n) is 18.1. The number of aromatic nitrogens is 2. The van der Waals surface area contributed by atoms with Gasteiger partial charge in [-0.05, 0) is 29.8 Å². The van der Waals surface area contributed by atoms with Gasteiger partial charge in [0, 0.05) is 18.2 Å². The third-order valence-electron chi connectivity index (χ3n) is 5.42. The molecule has 0 spiro atoms. The predicted octanol–water partition coefficient (Wildman–Crippen LogP) is 2.53. The van der Waals surface area contributed by atoms with E-state index in [0.717, 1.165) is 11.1 Å². The summed E-state index contributed by atoms with van der Waals surface area (Å²) in [6.07, 6.45) is -0.184. The summed E-state index contributed by atoms with van der Waals surface area (Å²) in [6, 6.07) is 18.2. The van der Waals surface area contributed by atoms with E-state index in [4.69, 9.17) is 14.2 Å². The summed E-state index contributed by atoms with van der Waals surface area (Å²) in [5, 5.41) is 4.41. The summed E-state index contributed by atoms with van der Waals surface area (Å²) in [5.74, 6) is 0.981. The molecule has 8 heteroatoms. The van der Waals surface area contributed by atoms with Crippen LogP contribution < -0.4 is 15.0 Å². The average molecular weight is 435 g/mol. The Morgan fingerprint density at radius 2 is 1.84 bits per heavy atom. The van der Waals surface area contributed by atoms with E-state index >= 15 is 0 Å². The number of rotatable bonds is 6. The predicted molar refractivity (Wildman–Crippen MR) is 119 cm³/mol. The number of carbonyl (C=O) groups is 1. The van der Waals surface area contributed by atoms with E-state index < -0.39 is 0 Å². The minimum absolute atomic E-state index is 0.137. The number of morpholine rings is 1. The third-order valence-corrected chi connectivity index (χ3v) is 5.42. The lowest BCUT2D eigenvalue weighted by molar-refractivity contribution is -0.139. The molecular weight excluding hydrogens is 410 g/mol. The van der Waals surface area contributed by atoms with Crippen LogP contribution in [0.2, 0.25) is 0 Å². The van der Waals surface area contributed by atoms with Gasteiger partial charge in [0.05, 0.1) is 33.1 Å². The molecule has 0 radical (unpaired) electrons. The van der Waals surface area contributed by atoms with Crippen molar-refractivity contribution in [2.45, 2.75) is 12.6 Å². The highest BCUT2D eigenvalue weighted by molar-refractivity contribution is 5.76. The zero-order chi connectivity index (χ0) is 22.5. The molecule has 1 saturated heterocycles. The van der Waals surface area contributed by atoms with Gasteiger partial charge in [0.15, 0.2) is 11.5 Å². The van der Waals surface area contributed by atoms with Gasteiger partial charge >= 0.3 is 0 Å². The van der Waals surface area contributed by atoms with Gasteiger partial charge in [0.25, 0.3) is 5.56 Å². The topological polar surface area (TPSA) is 82.9 Å². The fraction of sp³-hybridized carbons (Fsp3) is 0.292. The number of amides is 1. The summed E-state index contributed by atoms with van der Waals surface area (Å²) >= 11 is 0. The lowest BCUT2D eigenvalue weighted by Crippen LogP contribution is -2.44. The van der Waals surface area contributed by atoms with E-state index in [2.05, 4.69) is 5.10 Å². The van der Waals surface area contributed by atoms with Crippen LogP contribution in [-0.2, 0) is 16.1 Å². The van der Waals surface area contributed by atoms with Gasteiger partial charge in [0.1, 0.15) is 12.6 Å². The molecule has 0 saturated carbocycles. The molecule has 1 amide bonds. The molecule has 2 heterocycles. The van der Waals surface area contributed by atoms with E-state index in [-0.39, 0.29) is 24.1 Å². The maximum atomic E-state index is 13.0. The molecule has 166 valence electrons. The monoisotopic (exact) mass is 435 g/mol. The van der Waals surface area contributed by atoms with Gasteiger partial charge < -0.3 is 19.1 Å². The third kappa shape index (κ3) is 4.65. The maximum Gasteiger partial charge on any atom is 0.267 e. The van der Waals surface area contributed by atoms with Gasteiger partial charge in [-0.15, -0.1) is 0 Å². The van der Waals surface area contributed by atoms with Gasteiger partial charge in [-0.2, -0.15) is 5.10 Å². The summed E-state index contributed by atoms with van der Waals surface area (Å²) < 4.78 is 17.6. The number of hydrogen-bond donors (Lipinski definition) is 0. The van der Waals surface area contributed by atoms with E-state index in [0.29, 0.717) is 36.9 Å². The Balaban J connectivity index is 1.52. The highest BCUT2D eigenvalue weighted by Crippen LogP contribution is 2.31. The Labute approximate surface area is 186 Å². The molecule has 1 aliphatic heterocycles. The van der Waals surface area contributed by atoms with Gasteiger partial charge in [-0.1, -0.05) is 30.3 Å². The molecule has 1 aliphatic rings. The van der Waals surface area contributed by atoms with Crippen LogP contribution in [0.25, 0.3) is 11.3 Å². The molecule has 3 aromatic rings. The second-order valence-electron chi connectivity index (χ2n) is 7.39. The SMILES string of the molecule is COc1ccc(-c2ccc(=O)n(CC(=O)N3CCOC(c4ccccc4)C3)n2)cc1OC. The Morgan fingerprint density at radius 1 is 1.06 bits per heavy atom. The molecule has 32 heavy (non-hydrogen) atoms. The van der Waals surface area contributed by atoms with Crippen molar-refractivity contribution >= 4 is 5.91 Å². The van der Waals surface area contributed by atoms with Crippen LogP contribution in [0.3, 0.4) is 0 Å². The molecule has 0 bridgehead atoms. The first-order chi connectivity index (χ1) is 15.6. The first kappa shape index (κ1) is 21.6. The Hall–Kier alpha value is -3.65. The van der Waals surface area contributed by atoms with Gasteiger partial charge in [-0.3, -0.25) is 9.59 Å². The van der Waals surface area contributed by atoms with Gasteiger partial charge in [0.2, 0.25) is 5.91 Å². The highest BCUT2D eigenvalue weighted by atomic mass is 16.5. The van der Waals surface area contributed by atoms with Crippen molar-refractivity contribution in [1.29, 1.82) is 0 Å². The standard InChI is InChI=1S/C24H25N3O5/c1-30-20-10-8-18(14-21(20)31-2)19-9-11-23(28)27(25-19)16-24(29)26-12-13-32-22(15-26)17-6-4-3-5-7-17/h3-11,14,22H,12-13,15-16H2,1-2H3. The van der Waals surface area contributed by atoms with Crippen LogP contribution in [0.1, 0.15) is 11.7 Å². The van der Waals surface area contributed by atoms with Crippen molar-refractivity contribution in [2.24, 2.45) is 0 Å². The quantitative estimate of drug-likeness (QED) is 0.592. The first-order valence-corrected chi connectivity index (χ1v) is 10.3. The number of carbonyl (C=O) groups excluding carboxylic acids is 1. The minimum atomic E-state index is -0.338. The maximum absolute atomic E-state index is 13.0. The van der Waals surface area contributed by atoms with Gasteiger partial charge in [-0.25, -0.2) is 4.68 Å². The first-order valence-electron chi connectivity index (χ1n) is 10.3. The Kier molecular flexibility index (Phi) is 6.51. The van der Waals surface area contributed by atoms with Crippen molar-refractivity contribution in [3.8, 4) is 22.8 Å². The largest absolute Gasteiger partial charge is 0.493 e. The summed E-state index contributed by atoms with van der Waals surface area (Å²) in [5.41, 5.74) is 1.99. The van der Waals surface area contributed by atoms with Crippen molar-refractivity contribution < 1.29 is 19.0 Å². The summed E-state index contributed by atoms with van der Waals surface area (Å²) in [7, 11) is 3.12. The molecule has 0 N–H and O–H groups in total. The summed E-state index contributed by atoms with van der Waals surface area (Å²) in [4.78, 5) is 27.1. The van der Waals surface area contributed by atoms with Crippen LogP contribution in [0.15, 0.2) is 65.5 Å². The molecule has 0 aliphatic carbocycles. The molecule has 1 aromatic heterocycles. The van der Waals surface area contributed by atoms with Crippen LogP contribution in [0.5, 0.6) is 11.5 Å². The van der Waals surface area contributed by atoms with E-state index in [1.165, 1.54) is 10.7 Å². The minimum Gasteiger partial charge on any atom is -0.493 e. The molecule has 1 atom stereocenters. The number of benzene rings is 2.